The van der Waals surface area contributed by atoms with Gasteiger partial charge in [-0.1, -0.05) is 12.1 Å². The van der Waals surface area contributed by atoms with Crippen LogP contribution in [0.4, 0.5) is 5.69 Å². The van der Waals surface area contributed by atoms with Crippen molar-refractivity contribution in [3.8, 4) is 0 Å². The molecule has 3 rings (SSSR count). The number of aromatic nitrogens is 2. The van der Waals surface area contributed by atoms with Crippen LogP contribution >= 0.6 is 11.3 Å². The van der Waals surface area contributed by atoms with Crippen molar-refractivity contribution in [3.63, 3.8) is 0 Å². The molecular weight excluding hydrogens is 418 g/mol. The monoisotopic (exact) mass is 441 g/mol. The van der Waals surface area contributed by atoms with Crippen molar-refractivity contribution in [2.75, 3.05) is 5.32 Å². The Labute approximate surface area is 182 Å². The van der Waals surface area contributed by atoms with E-state index in [2.05, 4.69) is 10.3 Å². The average molecular weight is 442 g/mol. The minimum Gasteiger partial charge on any atom is -0.459 e. The number of aryl methyl sites for hydroxylation is 1. The number of ketones is 1. The third kappa shape index (κ3) is 4.56. The molecular formula is C22H23N3O5S. The highest BCUT2D eigenvalue weighted by Gasteiger charge is 2.24. The SMILES string of the molecule is CC(=O)c1cccc(NC(=O)C(C)n2cnc3sc(C(=O)OC(C)C)c(C)c3c2=O)c1. The zero-order valence-corrected chi connectivity index (χ0v) is 18.7. The molecule has 0 spiro atoms. The molecule has 0 aliphatic heterocycles. The van der Waals surface area contributed by atoms with Crippen LogP contribution < -0.4 is 10.9 Å². The molecule has 0 fully saturated rings. The predicted molar refractivity (Wildman–Crippen MR) is 119 cm³/mol. The first-order valence-corrected chi connectivity index (χ1v) is 10.5. The van der Waals surface area contributed by atoms with E-state index in [4.69, 9.17) is 4.74 Å². The number of hydrogen-bond donors (Lipinski definition) is 1. The van der Waals surface area contributed by atoms with Crippen LogP contribution in [0.3, 0.4) is 0 Å². The molecule has 0 saturated heterocycles. The van der Waals surface area contributed by atoms with Gasteiger partial charge in [0, 0.05) is 11.3 Å². The maximum atomic E-state index is 13.1. The quantitative estimate of drug-likeness (QED) is 0.461. The van der Waals surface area contributed by atoms with Gasteiger partial charge in [0.05, 0.1) is 17.8 Å². The molecule has 0 aliphatic carbocycles. The summed E-state index contributed by atoms with van der Waals surface area (Å²) < 4.78 is 6.47. The van der Waals surface area contributed by atoms with Gasteiger partial charge in [-0.2, -0.15) is 0 Å². The van der Waals surface area contributed by atoms with Crippen molar-refractivity contribution >= 4 is 44.9 Å². The van der Waals surface area contributed by atoms with Crippen LogP contribution in [0, 0.1) is 6.92 Å². The number of ether oxygens (including phenoxy) is 1. The maximum Gasteiger partial charge on any atom is 0.348 e. The summed E-state index contributed by atoms with van der Waals surface area (Å²) in [6, 6.07) is 5.70. The first-order valence-electron chi connectivity index (χ1n) is 9.73. The summed E-state index contributed by atoms with van der Waals surface area (Å²) in [7, 11) is 0. The number of thiophene rings is 1. The maximum absolute atomic E-state index is 13.1. The molecule has 1 atom stereocenters. The van der Waals surface area contributed by atoms with E-state index in [9.17, 15) is 19.2 Å². The van der Waals surface area contributed by atoms with Gasteiger partial charge in [0.15, 0.2) is 5.78 Å². The van der Waals surface area contributed by atoms with Gasteiger partial charge in [0.2, 0.25) is 5.91 Å². The second-order valence-electron chi connectivity index (χ2n) is 7.45. The Morgan fingerprint density at radius 3 is 2.55 bits per heavy atom. The molecule has 1 unspecified atom stereocenters. The minimum atomic E-state index is -0.865. The lowest BCUT2D eigenvalue weighted by Crippen LogP contribution is -2.31. The number of nitrogens with one attached hydrogen (secondary N) is 1. The number of anilines is 1. The highest BCUT2D eigenvalue weighted by atomic mass is 32.1. The van der Waals surface area contributed by atoms with E-state index in [1.165, 1.54) is 17.8 Å². The van der Waals surface area contributed by atoms with Crippen LogP contribution in [0.1, 0.15) is 59.3 Å². The van der Waals surface area contributed by atoms with E-state index < -0.39 is 23.5 Å². The first-order chi connectivity index (χ1) is 14.6. The molecule has 2 aromatic heterocycles. The summed E-state index contributed by atoms with van der Waals surface area (Å²) in [5, 5.41) is 3.01. The van der Waals surface area contributed by atoms with Gasteiger partial charge in [0.25, 0.3) is 5.56 Å². The normalized spacial score (nSPS) is 12.1. The van der Waals surface area contributed by atoms with Crippen molar-refractivity contribution < 1.29 is 19.1 Å². The predicted octanol–water partition coefficient (Wildman–Crippen LogP) is 3.73. The van der Waals surface area contributed by atoms with E-state index in [-0.39, 0.29) is 11.9 Å². The Morgan fingerprint density at radius 1 is 1.19 bits per heavy atom. The smallest absolute Gasteiger partial charge is 0.348 e. The molecule has 9 heteroatoms. The number of Topliss-reactive ketones (excluding diaryl/α,β-unsaturated/α-hetero) is 1. The van der Waals surface area contributed by atoms with Gasteiger partial charge in [-0.3, -0.25) is 19.0 Å². The van der Waals surface area contributed by atoms with Crippen LogP contribution in [0.15, 0.2) is 35.4 Å². The summed E-state index contributed by atoms with van der Waals surface area (Å²) in [6.45, 7) is 8.19. The molecule has 1 N–H and O–H groups in total. The number of amides is 1. The fourth-order valence-electron chi connectivity index (χ4n) is 3.06. The van der Waals surface area contributed by atoms with Crippen LogP contribution in [-0.2, 0) is 9.53 Å². The van der Waals surface area contributed by atoms with Gasteiger partial charge in [-0.05, 0) is 52.3 Å². The zero-order valence-electron chi connectivity index (χ0n) is 17.9. The van der Waals surface area contributed by atoms with E-state index in [1.807, 2.05) is 0 Å². The number of carbonyl (C=O) groups excluding carboxylic acids is 3. The Bertz CT molecular complexity index is 1240. The second kappa shape index (κ2) is 8.81. The van der Waals surface area contributed by atoms with Gasteiger partial charge < -0.3 is 10.1 Å². The minimum absolute atomic E-state index is 0.116. The van der Waals surface area contributed by atoms with Gasteiger partial charge in [-0.15, -0.1) is 11.3 Å². The number of hydrogen-bond acceptors (Lipinski definition) is 7. The standard InChI is InChI=1S/C22H23N3O5S/c1-11(2)30-22(29)18-12(3)17-20(31-18)23-10-25(21(17)28)13(4)19(27)24-16-8-6-7-15(9-16)14(5)26/h6-11,13H,1-5H3,(H,24,27). The summed E-state index contributed by atoms with van der Waals surface area (Å²) in [6.07, 6.45) is 1.01. The summed E-state index contributed by atoms with van der Waals surface area (Å²) >= 11 is 1.09. The van der Waals surface area contributed by atoms with Crippen molar-refractivity contribution in [1.82, 2.24) is 9.55 Å². The fraction of sp³-hybridized carbons (Fsp3) is 0.318. The highest BCUT2D eigenvalue weighted by molar-refractivity contribution is 7.20. The third-order valence-corrected chi connectivity index (χ3v) is 5.92. The third-order valence-electron chi connectivity index (χ3n) is 4.74. The van der Waals surface area contributed by atoms with Crippen LogP contribution in [0.5, 0.6) is 0 Å². The first kappa shape index (κ1) is 22.4. The van der Waals surface area contributed by atoms with E-state index in [0.29, 0.717) is 31.9 Å². The molecule has 1 amide bonds. The van der Waals surface area contributed by atoms with E-state index in [1.54, 1.807) is 52.0 Å². The molecule has 162 valence electrons. The van der Waals surface area contributed by atoms with Crippen molar-refractivity contribution in [2.45, 2.75) is 46.8 Å². The van der Waals surface area contributed by atoms with Gasteiger partial charge in [-0.25, -0.2) is 9.78 Å². The van der Waals surface area contributed by atoms with E-state index >= 15 is 0 Å². The molecule has 3 aromatic rings. The number of fused-ring (bicyclic) bond motifs is 1. The molecule has 1 aromatic carbocycles. The molecule has 0 saturated carbocycles. The van der Waals surface area contributed by atoms with Gasteiger partial charge >= 0.3 is 5.97 Å². The lowest BCUT2D eigenvalue weighted by Gasteiger charge is -2.15. The molecule has 2 heterocycles. The van der Waals surface area contributed by atoms with Crippen LogP contribution in [-0.4, -0.2) is 33.3 Å². The van der Waals surface area contributed by atoms with Gasteiger partial charge in [0.1, 0.15) is 15.7 Å². The number of benzene rings is 1. The topological polar surface area (TPSA) is 107 Å². The largest absolute Gasteiger partial charge is 0.459 e. The van der Waals surface area contributed by atoms with Crippen molar-refractivity contribution in [3.05, 3.63) is 57.0 Å². The number of rotatable bonds is 6. The summed E-state index contributed by atoms with van der Waals surface area (Å²) in [5.74, 6) is -1.05. The number of nitrogens with zero attached hydrogens (tertiary/aromatic N) is 2. The summed E-state index contributed by atoms with van der Waals surface area (Å²) in [5.41, 5.74) is 0.999. The Hall–Kier alpha value is -3.33. The highest BCUT2D eigenvalue weighted by Crippen LogP contribution is 2.28. The molecule has 31 heavy (non-hydrogen) atoms. The Kier molecular flexibility index (Phi) is 6.35. The van der Waals surface area contributed by atoms with Crippen molar-refractivity contribution in [2.24, 2.45) is 0 Å². The van der Waals surface area contributed by atoms with E-state index in [0.717, 1.165) is 11.3 Å². The number of esters is 1. The average Bonchev–Trinajstić information content (AvgIpc) is 3.05. The molecule has 0 bridgehead atoms. The Morgan fingerprint density at radius 2 is 1.90 bits per heavy atom. The summed E-state index contributed by atoms with van der Waals surface area (Å²) in [4.78, 5) is 54.7. The van der Waals surface area contributed by atoms with Crippen LogP contribution in [0.2, 0.25) is 0 Å². The molecule has 8 nitrogen and oxygen atoms in total. The van der Waals surface area contributed by atoms with Crippen molar-refractivity contribution in [1.29, 1.82) is 0 Å². The molecule has 0 radical (unpaired) electrons. The number of carbonyl (C=O) groups is 3. The molecule has 0 aliphatic rings. The zero-order chi connectivity index (χ0) is 22.9. The lowest BCUT2D eigenvalue weighted by molar-refractivity contribution is -0.118. The fourth-order valence-corrected chi connectivity index (χ4v) is 4.09. The Balaban J connectivity index is 1.92. The lowest BCUT2D eigenvalue weighted by atomic mass is 10.1. The van der Waals surface area contributed by atoms with Crippen LogP contribution in [0.25, 0.3) is 10.2 Å². The second-order valence-corrected chi connectivity index (χ2v) is 8.45.